The number of amides is 1. The van der Waals surface area contributed by atoms with Gasteiger partial charge in [0, 0.05) is 16.8 Å². The predicted octanol–water partition coefficient (Wildman–Crippen LogP) is 4.57. The Bertz CT molecular complexity index is 557. The number of carbonyl (C=O) groups is 1. The molecule has 0 aromatic heterocycles. The number of anilines is 1. The van der Waals surface area contributed by atoms with E-state index in [-0.39, 0.29) is 23.5 Å². The van der Waals surface area contributed by atoms with E-state index in [1.807, 2.05) is 13.8 Å². The number of thioether (sulfide) groups is 1. The summed E-state index contributed by atoms with van der Waals surface area (Å²) in [6.07, 6.45) is -3.11. The SMILES string of the molecule is CC[C@H](C)Sc1ccc(NC(=O)[C@@H]2CCOC2)c(C(F)(F)F)c1. The lowest BCUT2D eigenvalue weighted by atomic mass is 10.1. The summed E-state index contributed by atoms with van der Waals surface area (Å²) < 4.78 is 45.0. The number of carbonyl (C=O) groups excluding carboxylic acids is 1. The van der Waals surface area contributed by atoms with Gasteiger partial charge in [-0.15, -0.1) is 11.8 Å². The fourth-order valence-corrected chi connectivity index (χ4v) is 3.20. The first-order valence-electron chi connectivity index (χ1n) is 7.57. The van der Waals surface area contributed by atoms with Crippen LogP contribution in [0.25, 0.3) is 0 Å². The molecule has 0 saturated carbocycles. The van der Waals surface area contributed by atoms with Crippen LogP contribution in [0, 0.1) is 5.92 Å². The average Bonchev–Trinajstić information content (AvgIpc) is 3.02. The van der Waals surface area contributed by atoms with E-state index in [0.29, 0.717) is 17.9 Å². The number of benzene rings is 1. The number of nitrogens with one attached hydrogen (secondary N) is 1. The van der Waals surface area contributed by atoms with Crippen LogP contribution in [0.15, 0.2) is 23.1 Å². The lowest BCUT2D eigenvalue weighted by molar-refractivity contribution is -0.137. The highest BCUT2D eigenvalue weighted by atomic mass is 32.2. The van der Waals surface area contributed by atoms with Gasteiger partial charge in [0.05, 0.1) is 23.8 Å². The molecule has 1 N–H and O–H groups in total. The predicted molar refractivity (Wildman–Crippen MR) is 84.6 cm³/mol. The van der Waals surface area contributed by atoms with Gasteiger partial charge in [0.2, 0.25) is 5.91 Å². The lowest BCUT2D eigenvalue weighted by Gasteiger charge is -2.17. The van der Waals surface area contributed by atoms with Gasteiger partial charge in [-0.3, -0.25) is 4.79 Å². The molecule has 1 fully saturated rings. The molecule has 1 amide bonds. The highest BCUT2D eigenvalue weighted by Crippen LogP contribution is 2.38. The molecular formula is C16H20F3NO2S. The van der Waals surface area contributed by atoms with Crippen molar-refractivity contribution in [3.63, 3.8) is 0 Å². The molecule has 23 heavy (non-hydrogen) atoms. The summed E-state index contributed by atoms with van der Waals surface area (Å²) in [5, 5.41) is 2.63. The molecule has 1 aliphatic rings. The Kier molecular flexibility index (Phi) is 5.97. The molecule has 0 bridgehead atoms. The monoisotopic (exact) mass is 347 g/mol. The molecule has 1 heterocycles. The number of hydrogen-bond donors (Lipinski definition) is 1. The van der Waals surface area contributed by atoms with E-state index in [9.17, 15) is 18.0 Å². The summed E-state index contributed by atoms with van der Waals surface area (Å²) in [5.41, 5.74) is -0.999. The Balaban J connectivity index is 2.22. The van der Waals surface area contributed by atoms with E-state index in [4.69, 9.17) is 4.74 Å². The molecule has 1 aromatic carbocycles. The Labute approximate surface area is 138 Å². The van der Waals surface area contributed by atoms with Gasteiger partial charge in [-0.1, -0.05) is 13.8 Å². The zero-order chi connectivity index (χ0) is 17.0. The van der Waals surface area contributed by atoms with E-state index in [2.05, 4.69) is 5.32 Å². The first kappa shape index (κ1) is 18.1. The number of rotatable bonds is 5. The maximum Gasteiger partial charge on any atom is 0.418 e. The third kappa shape index (κ3) is 4.88. The van der Waals surface area contributed by atoms with Gasteiger partial charge >= 0.3 is 6.18 Å². The topological polar surface area (TPSA) is 38.3 Å². The van der Waals surface area contributed by atoms with Gasteiger partial charge in [0.1, 0.15) is 0 Å². The van der Waals surface area contributed by atoms with Crippen LogP contribution in [0.5, 0.6) is 0 Å². The van der Waals surface area contributed by atoms with E-state index < -0.39 is 17.6 Å². The summed E-state index contributed by atoms with van der Waals surface area (Å²) in [5.74, 6) is -0.805. The van der Waals surface area contributed by atoms with Crippen LogP contribution in [0.2, 0.25) is 0 Å². The number of halogens is 3. The summed E-state index contributed by atoms with van der Waals surface area (Å²) >= 11 is 1.39. The van der Waals surface area contributed by atoms with Gasteiger partial charge < -0.3 is 10.1 Å². The zero-order valence-electron chi connectivity index (χ0n) is 13.1. The summed E-state index contributed by atoms with van der Waals surface area (Å²) in [4.78, 5) is 12.6. The van der Waals surface area contributed by atoms with Crippen molar-refractivity contribution < 1.29 is 22.7 Å². The third-order valence-electron chi connectivity index (χ3n) is 3.77. The minimum absolute atomic E-state index is 0.192. The third-order valence-corrected chi connectivity index (χ3v) is 5.03. The normalized spacial score (nSPS) is 19.6. The van der Waals surface area contributed by atoms with Crippen molar-refractivity contribution >= 4 is 23.4 Å². The van der Waals surface area contributed by atoms with Crippen molar-refractivity contribution in [1.82, 2.24) is 0 Å². The molecule has 1 saturated heterocycles. The second kappa shape index (κ2) is 7.57. The maximum absolute atomic E-state index is 13.3. The molecule has 7 heteroatoms. The fraction of sp³-hybridized carbons (Fsp3) is 0.562. The molecular weight excluding hydrogens is 327 g/mol. The Hall–Kier alpha value is -1.21. The molecule has 0 spiro atoms. The maximum atomic E-state index is 13.3. The van der Waals surface area contributed by atoms with Gasteiger partial charge in [-0.2, -0.15) is 13.2 Å². The molecule has 0 unspecified atom stereocenters. The largest absolute Gasteiger partial charge is 0.418 e. The van der Waals surface area contributed by atoms with Crippen molar-refractivity contribution in [2.45, 2.75) is 43.0 Å². The fourth-order valence-electron chi connectivity index (χ4n) is 2.23. The first-order valence-corrected chi connectivity index (χ1v) is 8.45. The molecule has 0 aliphatic carbocycles. The number of ether oxygens (including phenoxy) is 1. The Morgan fingerprint density at radius 1 is 1.48 bits per heavy atom. The van der Waals surface area contributed by atoms with Crippen molar-refractivity contribution in [3.05, 3.63) is 23.8 Å². The Morgan fingerprint density at radius 2 is 2.22 bits per heavy atom. The second-order valence-electron chi connectivity index (χ2n) is 5.59. The van der Waals surface area contributed by atoms with Crippen LogP contribution in [-0.4, -0.2) is 24.4 Å². The van der Waals surface area contributed by atoms with Crippen molar-refractivity contribution in [1.29, 1.82) is 0 Å². The van der Waals surface area contributed by atoms with Crippen LogP contribution in [0.1, 0.15) is 32.3 Å². The van der Waals surface area contributed by atoms with Crippen molar-refractivity contribution in [2.24, 2.45) is 5.92 Å². The molecule has 1 aliphatic heterocycles. The van der Waals surface area contributed by atoms with Crippen LogP contribution < -0.4 is 5.32 Å². The van der Waals surface area contributed by atoms with Crippen LogP contribution in [-0.2, 0) is 15.7 Å². The summed E-state index contributed by atoms with van der Waals surface area (Å²) in [7, 11) is 0. The lowest BCUT2D eigenvalue weighted by Crippen LogP contribution is -2.24. The smallest absolute Gasteiger partial charge is 0.381 e. The zero-order valence-corrected chi connectivity index (χ0v) is 13.9. The standard InChI is InChI=1S/C16H20F3NO2S/c1-3-10(2)23-12-4-5-14(13(8-12)16(17,18)19)20-15(21)11-6-7-22-9-11/h4-5,8,10-11H,3,6-7,9H2,1-2H3,(H,20,21)/t10-,11+/m0/s1. The summed E-state index contributed by atoms with van der Waals surface area (Å²) in [6.45, 7) is 4.68. The molecule has 1 aromatic rings. The Morgan fingerprint density at radius 3 is 2.78 bits per heavy atom. The van der Waals surface area contributed by atoms with Crippen LogP contribution in [0.4, 0.5) is 18.9 Å². The van der Waals surface area contributed by atoms with Gasteiger partial charge in [-0.25, -0.2) is 0 Å². The van der Waals surface area contributed by atoms with Gasteiger partial charge in [0.15, 0.2) is 0 Å². The van der Waals surface area contributed by atoms with Crippen molar-refractivity contribution in [3.8, 4) is 0 Å². The molecule has 128 valence electrons. The highest BCUT2D eigenvalue weighted by molar-refractivity contribution is 7.99. The number of alkyl halides is 3. The molecule has 2 rings (SSSR count). The second-order valence-corrected chi connectivity index (χ2v) is 7.10. The first-order chi connectivity index (χ1) is 10.8. The van der Waals surface area contributed by atoms with E-state index >= 15 is 0 Å². The van der Waals surface area contributed by atoms with Crippen LogP contribution in [0.3, 0.4) is 0 Å². The molecule has 0 radical (unpaired) electrons. The molecule has 3 nitrogen and oxygen atoms in total. The highest BCUT2D eigenvalue weighted by Gasteiger charge is 2.35. The quantitative estimate of drug-likeness (QED) is 0.793. The molecule has 2 atom stereocenters. The van der Waals surface area contributed by atoms with E-state index in [1.54, 1.807) is 6.07 Å². The average molecular weight is 347 g/mol. The minimum Gasteiger partial charge on any atom is -0.381 e. The van der Waals surface area contributed by atoms with Gasteiger partial charge in [0.25, 0.3) is 0 Å². The van der Waals surface area contributed by atoms with Crippen molar-refractivity contribution in [2.75, 3.05) is 18.5 Å². The van der Waals surface area contributed by atoms with E-state index in [1.165, 1.54) is 17.8 Å². The minimum atomic E-state index is -4.51. The number of hydrogen-bond acceptors (Lipinski definition) is 3. The van der Waals surface area contributed by atoms with E-state index in [0.717, 1.165) is 12.5 Å². The van der Waals surface area contributed by atoms with Gasteiger partial charge in [-0.05, 0) is 31.0 Å². The summed E-state index contributed by atoms with van der Waals surface area (Å²) in [6, 6.07) is 4.06. The van der Waals surface area contributed by atoms with Crippen LogP contribution >= 0.6 is 11.8 Å².